The molecule has 1 aliphatic carbocycles. The monoisotopic (exact) mass is 554 g/mol. The zero-order valence-electron chi connectivity index (χ0n) is 22.8. The highest BCUT2D eigenvalue weighted by atomic mass is 19.4. The highest BCUT2D eigenvalue weighted by molar-refractivity contribution is 5.91. The Morgan fingerprint density at radius 1 is 1.15 bits per heavy atom. The number of anilines is 1. The number of carbonyl (C=O) groups excluding carboxylic acids is 1. The second-order valence-electron chi connectivity index (χ2n) is 11.3. The van der Waals surface area contributed by atoms with E-state index in [0.29, 0.717) is 49.1 Å². The highest BCUT2D eigenvalue weighted by Crippen LogP contribution is 2.36. The molecule has 2 heterocycles. The molecule has 1 aliphatic heterocycles. The van der Waals surface area contributed by atoms with E-state index in [0.717, 1.165) is 38.4 Å². The lowest BCUT2D eigenvalue weighted by Gasteiger charge is -2.40. The number of morpholine rings is 1. The number of alkyl halides is 3. The molecule has 9 heteroatoms. The maximum Gasteiger partial charge on any atom is 0.433 e. The van der Waals surface area contributed by atoms with Crippen molar-refractivity contribution < 1.29 is 22.7 Å². The Kier molecular flexibility index (Phi) is 8.61. The van der Waals surface area contributed by atoms with Gasteiger partial charge in [0.25, 0.3) is 0 Å². The minimum atomic E-state index is -4.53. The van der Waals surface area contributed by atoms with Crippen molar-refractivity contribution >= 4 is 22.5 Å². The van der Waals surface area contributed by atoms with E-state index < -0.39 is 17.4 Å². The minimum Gasteiger partial charge on any atom is -0.382 e. The van der Waals surface area contributed by atoms with E-state index in [1.807, 2.05) is 25.1 Å². The number of rotatable bonds is 8. The second-order valence-corrected chi connectivity index (χ2v) is 11.3. The van der Waals surface area contributed by atoms with Crippen LogP contribution in [0.15, 0.2) is 60.7 Å². The van der Waals surface area contributed by atoms with Crippen molar-refractivity contribution in [2.24, 2.45) is 0 Å². The summed E-state index contributed by atoms with van der Waals surface area (Å²) in [6, 6.07) is 18.4. The van der Waals surface area contributed by atoms with Crippen LogP contribution in [-0.4, -0.2) is 53.2 Å². The molecule has 40 heavy (non-hydrogen) atoms. The zero-order valence-corrected chi connectivity index (χ0v) is 22.8. The number of amides is 1. The Hall–Kier alpha value is -3.17. The van der Waals surface area contributed by atoms with Crippen LogP contribution in [0.4, 0.5) is 18.9 Å². The minimum absolute atomic E-state index is 0.00195. The summed E-state index contributed by atoms with van der Waals surface area (Å²) in [6.45, 7) is 5.02. The number of ether oxygens (including phenoxy) is 1. The summed E-state index contributed by atoms with van der Waals surface area (Å²) in [6.07, 6.45) is -0.285. The molecule has 2 aliphatic rings. The van der Waals surface area contributed by atoms with Gasteiger partial charge in [-0.1, -0.05) is 48.5 Å². The van der Waals surface area contributed by atoms with Gasteiger partial charge in [-0.05, 0) is 56.7 Å². The number of hydrogen-bond acceptors (Lipinski definition) is 5. The Morgan fingerprint density at radius 2 is 1.93 bits per heavy atom. The van der Waals surface area contributed by atoms with Gasteiger partial charge in [0.15, 0.2) is 0 Å². The summed E-state index contributed by atoms with van der Waals surface area (Å²) in [5.74, 6) is 0.00195. The molecule has 1 amide bonds. The molecule has 1 unspecified atom stereocenters. The first-order valence-corrected chi connectivity index (χ1v) is 14.1. The first-order valence-electron chi connectivity index (χ1n) is 14.1. The van der Waals surface area contributed by atoms with Gasteiger partial charge in [-0.2, -0.15) is 13.2 Å². The number of fused-ring (bicyclic) bond motifs is 1. The Morgan fingerprint density at radius 3 is 2.73 bits per heavy atom. The maximum atomic E-state index is 13.5. The molecule has 3 atom stereocenters. The molecular formula is C31H37F3N4O2. The lowest BCUT2D eigenvalue weighted by molar-refractivity contribution is -0.141. The van der Waals surface area contributed by atoms with Gasteiger partial charge < -0.3 is 15.4 Å². The summed E-state index contributed by atoms with van der Waals surface area (Å²) < 4.78 is 46.3. The van der Waals surface area contributed by atoms with Gasteiger partial charge in [0.2, 0.25) is 5.91 Å². The van der Waals surface area contributed by atoms with Crippen molar-refractivity contribution in [3.63, 3.8) is 0 Å². The van der Waals surface area contributed by atoms with Gasteiger partial charge in [-0.15, -0.1) is 0 Å². The van der Waals surface area contributed by atoms with Gasteiger partial charge >= 0.3 is 6.18 Å². The number of aromatic nitrogens is 1. The van der Waals surface area contributed by atoms with Gasteiger partial charge in [0, 0.05) is 48.2 Å². The van der Waals surface area contributed by atoms with Crippen LogP contribution in [-0.2, 0) is 22.3 Å². The number of nitrogens with one attached hydrogen (secondary N) is 2. The van der Waals surface area contributed by atoms with Crippen LogP contribution in [0.25, 0.3) is 10.9 Å². The van der Waals surface area contributed by atoms with Crippen LogP contribution in [0.3, 0.4) is 0 Å². The van der Waals surface area contributed by atoms with Crippen LogP contribution >= 0.6 is 0 Å². The maximum absolute atomic E-state index is 13.5. The predicted molar refractivity (Wildman–Crippen MR) is 150 cm³/mol. The molecule has 214 valence electrons. The standard InChI is InChI=1S/C31H37F3N4O2/c1-30(37-29(39)14-13-24-21-40-17-16-38(24)20-22-8-3-2-4-9-22)15-7-10-23(19-30)35-27-18-28(31(32,33)34)36-26-12-6-5-11-25(26)27/h2-6,8-9,11-12,18,23-24H,7,10,13-17,19-21H2,1H3,(H,35,36)(H,37,39)/t23-,24?,30-/m0/s1. The molecule has 1 saturated heterocycles. The first-order chi connectivity index (χ1) is 19.2. The number of carbonyl (C=O) groups is 1. The number of halogens is 3. The number of nitrogens with zero attached hydrogens (tertiary/aromatic N) is 2. The van der Waals surface area contributed by atoms with Crippen molar-refractivity contribution in [2.75, 3.05) is 25.1 Å². The summed E-state index contributed by atoms with van der Waals surface area (Å²) in [5, 5.41) is 7.27. The second kappa shape index (κ2) is 12.1. The highest BCUT2D eigenvalue weighted by Gasteiger charge is 2.36. The van der Waals surface area contributed by atoms with Crippen LogP contribution in [0.2, 0.25) is 0 Å². The number of hydrogen-bond donors (Lipinski definition) is 2. The molecule has 2 aromatic carbocycles. The fraction of sp³-hybridized carbons (Fsp3) is 0.484. The van der Waals surface area contributed by atoms with Crippen LogP contribution in [0.1, 0.15) is 56.7 Å². The summed E-state index contributed by atoms with van der Waals surface area (Å²) >= 11 is 0. The zero-order chi connectivity index (χ0) is 28.2. The molecule has 0 radical (unpaired) electrons. The Balaban J connectivity index is 1.20. The molecular weight excluding hydrogens is 517 g/mol. The largest absolute Gasteiger partial charge is 0.433 e. The fourth-order valence-corrected chi connectivity index (χ4v) is 6.06. The Bertz CT molecular complexity index is 1300. The average molecular weight is 555 g/mol. The molecule has 5 rings (SSSR count). The van der Waals surface area contributed by atoms with Gasteiger partial charge in [-0.3, -0.25) is 9.69 Å². The smallest absolute Gasteiger partial charge is 0.382 e. The molecule has 6 nitrogen and oxygen atoms in total. The van der Waals surface area contributed by atoms with Crippen LogP contribution in [0, 0.1) is 0 Å². The quantitative estimate of drug-likeness (QED) is 0.349. The Labute approximate surface area is 233 Å². The van der Waals surface area contributed by atoms with Crippen molar-refractivity contribution in [1.82, 2.24) is 15.2 Å². The molecule has 3 aromatic rings. The first kappa shape index (κ1) is 28.4. The molecule has 2 fully saturated rings. The van der Waals surface area contributed by atoms with Crippen LogP contribution in [0.5, 0.6) is 0 Å². The van der Waals surface area contributed by atoms with E-state index in [2.05, 4.69) is 32.7 Å². The lowest BCUT2D eigenvalue weighted by atomic mass is 9.80. The van der Waals surface area contributed by atoms with E-state index in [9.17, 15) is 18.0 Å². The van der Waals surface area contributed by atoms with E-state index >= 15 is 0 Å². The number of benzene rings is 2. The third-order valence-electron chi connectivity index (χ3n) is 8.07. The van der Waals surface area contributed by atoms with E-state index in [4.69, 9.17) is 4.74 Å². The van der Waals surface area contributed by atoms with Gasteiger partial charge in [0.1, 0.15) is 5.69 Å². The van der Waals surface area contributed by atoms with E-state index in [1.54, 1.807) is 24.3 Å². The van der Waals surface area contributed by atoms with E-state index in [-0.39, 0.29) is 18.0 Å². The van der Waals surface area contributed by atoms with E-state index in [1.165, 1.54) is 5.56 Å². The normalized spacial score (nSPS) is 24.1. The number of pyridine rings is 1. The fourth-order valence-electron chi connectivity index (χ4n) is 6.06. The van der Waals surface area contributed by atoms with Crippen molar-refractivity contribution in [2.45, 2.75) is 75.8 Å². The summed E-state index contributed by atoms with van der Waals surface area (Å²) in [5.41, 5.74) is 0.634. The van der Waals surface area contributed by atoms with Crippen molar-refractivity contribution in [1.29, 1.82) is 0 Å². The predicted octanol–water partition coefficient (Wildman–Crippen LogP) is 6.16. The topological polar surface area (TPSA) is 66.5 Å². The molecule has 0 spiro atoms. The van der Waals surface area contributed by atoms with Crippen LogP contribution < -0.4 is 10.6 Å². The third-order valence-corrected chi connectivity index (χ3v) is 8.07. The lowest BCUT2D eigenvalue weighted by Crippen LogP contribution is -2.52. The van der Waals surface area contributed by atoms with Gasteiger partial charge in [-0.25, -0.2) is 4.98 Å². The molecule has 1 aromatic heterocycles. The van der Waals surface area contributed by atoms with Gasteiger partial charge in [0.05, 0.1) is 18.7 Å². The molecule has 0 bridgehead atoms. The molecule has 1 saturated carbocycles. The van der Waals surface area contributed by atoms with Crippen molar-refractivity contribution in [3.8, 4) is 0 Å². The number of para-hydroxylation sites is 1. The van der Waals surface area contributed by atoms with Crippen molar-refractivity contribution in [3.05, 3.63) is 71.9 Å². The SMILES string of the molecule is C[C@]1(NC(=O)CCC2COCCN2Cc2ccccc2)CCC[C@H](Nc2cc(C(F)(F)F)nc3ccccc23)C1. The summed E-state index contributed by atoms with van der Waals surface area (Å²) in [4.78, 5) is 19.3. The summed E-state index contributed by atoms with van der Waals surface area (Å²) in [7, 11) is 0. The molecule has 2 N–H and O–H groups in total. The third kappa shape index (κ3) is 7.12. The average Bonchev–Trinajstić information content (AvgIpc) is 2.92.